The first-order valence-electron chi connectivity index (χ1n) is 19.7. The molecule has 9 rings (SSSR count). The normalized spacial score (nSPS) is 20.1. The predicted molar refractivity (Wildman–Crippen MR) is 221 cm³/mol. The highest BCUT2D eigenvalue weighted by molar-refractivity contribution is 6.09. The molecule has 4 aliphatic rings. The lowest BCUT2D eigenvalue weighted by Gasteiger charge is -2.36. The van der Waals surface area contributed by atoms with Crippen molar-refractivity contribution >= 4 is 52.1 Å². The smallest absolute Gasteiger partial charge is 0.269 e. The molecule has 0 aliphatic carbocycles. The van der Waals surface area contributed by atoms with Crippen molar-refractivity contribution in [2.45, 2.75) is 44.5 Å². The molecule has 4 heterocycles. The van der Waals surface area contributed by atoms with Crippen LogP contribution in [0.4, 0.5) is 28.4 Å². The van der Waals surface area contributed by atoms with Crippen molar-refractivity contribution in [1.82, 2.24) is 4.90 Å². The molecule has 0 aromatic heterocycles. The Bertz CT molecular complexity index is 2520. The van der Waals surface area contributed by atoms with E-state index >= 15 is 0 Å². The fraction of sp³-hybridized carbons (Fsp3) is 0.234. The van der Waals surface area contributed by atoms with Crippen LogP contribution in [0.25, 0.3) is 0 Å². The number of hydrogen-bond acceptors (Lipinski definition) is 8. The molecule has 4 amide bonds. The third kappa shape index (κ3) is 6.60. The van der Waals surface area contributed by atoms with E-state index in [1.807, 2.05) is 78.9 Å². The molecule has 298 valence electrons. The first kappa shape index (κ1) is 37.8. The molecule has 0 unspecified atom stereocenters. The van der Waals surface area contributed by atoms with Gasteiger partial charge in [0.25, 0.3) is 17.7 Å². The second-order valence-electron chi connectivity index (χ2n) is 15.2. The van der Waals surface area contributed by atoms with Gasteiger partial charge in [-0.2, -0.15) is 0 Å². The van der Waals surface area contributed by atoms with Crippen molar-refractivity contribution in [3.63, 3.8) is 0 Å². The van der Waals surface area contributed by atoms with E-state index in [1.165, 1.54) is 9.80 Å². The van der Waals surface area contributed by atoms with Crippen LogP contribution in [-0.2, 0) is 44.3 Å². The molecule has 3 atom stereocenters. The van der Waals surface area contributed by atoms with E-state index in [-0.39, 0.29) is 56.5 Å². The standard InChI is InChI=1S/C47H42N4O8/c1-30(9-8-16-43(53)48-26-33-11-3-2-10-32(33)23-36(48)27-52)47(57)37-24-35(51-40-13-5-7-15-42(40)59-29-45(51)55)21-22-38(37)49(46(47)56)25-31-17-19-34(20-18-31)50-39-12-4-6-14-41(39)58-28-44(50)54/h2-15,17-22,24,30,36,52,57H,16,23,25-29H2,1H3/b9-8+/t30-,36-,47+/m0/s1. The molecule has 0 saturated heterocycles. The van der Waals surface area contributed by atoms with Crippen LogP contribution in [0.3, 0.4) is 0 Å². The number of amides is 4. The molecule has 12 nitrogen and oxygen atoms in total. The van der Waals surface area contributed by atoms with Gasteiger partial charge in [0.05, 0.1) is 36.3 Å². The summed E-state index contributed by atoms with van der Waals surface area (Å²) in [5.74, 6) is -0.908. The summed E-state index contributed by atoms with van der Waals surface area (Å²) in [7, 11) is 0. The van der Waals surface area contributed by atoms with Crippen molar-refractivity contribution in [3.8, 4) is 11.5 Å². The van der Waals surface area contributed by atoms with Crippen molar-refractivity contribution in [2.24, 2.45) is 5.92 Å². The second-order valence-corrected chi connectivity index (χ2v) is 15.2. The molecule has 12 heteroatoms. The van der Waals surface area contributed by atoms with Crippen LogP contribution in [-0.4, -0.2) is 64.6 Å². The SMILES string of the molecule is C[C@@H](/C=C/CC(=O)N1Cc2ccccc2C[C@H]1CO)[C@]1(O)C(=O)N(Cc2ccc(N3C(=O)COc4ccccc43)cc2)c2ccc(N3C(=O)COc4ccccc43)cc21. The summed E-state index contributed by atoms with van der Waals surface area (Å²) in [6, 6.07) is 34.6. The number of carbonyl (C=O) groups excluding carboxylic acids is 4. The number of nitrogens with zero attached hydrogens (tertiary/aromatic N) is 4. The highest BCUT2D eigenvalue weighted by Gasteiger charge is 2.53. The lowest BCUT2D eigenvalue weighted by molar-refractivity contribution is -0.139. The Kier molecular flexibility index (Phi) is 9.74. The number of fused-ring (bicyclic) bond motifs is 4. The zero-order valence-corrected chi connectivity index (χ0v) is 32.4. The predicted octanol–water partition coefficient (Wildman–Crippen LogP) is 6.06. The van der Waals surface area contributed by atoms with Gasteiger partial charge in [0.1, 0.15) is 11.5 Å². The summed E-state index contributed by atoms with van der Waals surface area (Å²) in [5, 5.41) is 22.8. The maximum absolute atomic E-state index is 14.7. The van der Waals surface area contributed by atoms with Gasteiger partial charge in [-0.25, -0.2) is 0 Å². The Balaban J connectivity index is 1.02. The number of para-hydroxylation sites is 4. The minimum atomic E-state index is -2.07. The van der Waals surface area contributed by atoms with E-state index in [4.69, 9.17) is 9.47 Å². The van der Waals surface area contributed by atoms with Gasteiger partial charge in [-0.15, -0.1) is 0 Å². The number of anilines is 5. The maximum Gasteiger partial charge on any atom is 0.269 e. The molecule has 2 N–H and O–H groups in total. The molecule has 0 spiro atoms. The zero-order valence-electron chi connectivity index (χ0n) is 32.4. The third-order valence-electron chi connectivity index (χ3n) is 11.7. The summed E-state index contributed by atoms with van der Waals surface area (Å²) in [4.78, 5) is 61.0. The summed E-state index contributed by atoms with van der Waals surface area (Å²) in [5.41, 5.74) is 3.92. The van der Waals surface area contributed by atoms with Gasteiger partial charge in [-0.05, 0) is 77.7 Å². The van der Waals surface area contributed by atoms with Gasteiger partial charge in [0.2, 0.25) is 5.91 Å². The Labute approximate surface area is 341 Å². The lowest BCUT2D eigenvalue weighted by atomic mass is 9.82. The number of rotatable bonds is 9. The molecular formula is C47H42N4O8. The van der Waals surface area contributed by atoms with E-state index in [1.54, 1.807) is 65.3 Å². The van der Waals surface area contributed by atoms with E-state index in [0.29, 0.717) is 58.5 Å². The molecule has 0 radical (unpaired) electrons. The average molecular weight is 791 g/mol. The van der Waals surface area contributed by atoms with Crippen molar-refractivity contribution in [3.05, 3.63) is 150 Å². The topological polar surface area (TPSA) is 140 Å². The summed E-state index contributed by atoms with van der Waals surface area (Å²) in [6.07, 6.45) is 3.92. The monoisotopic (exact) mass is 790 g/mol. The number of aliphatic hydroxyl groups is 2. The Morgan fingerprint density at radius 3 is 2.03 bits per heavy atom. The van der Waals surface area contributed by atoms with Gasteiger partial charge in [0, 0.05) is 35.8 Å². The number of aliphatic hydroxyl groups excluding tert-OH is 1. The van der Waals surface area contributed by atoms with Crippen LogP contribution in [0.15, 0.2) is 127 Å². The molecule has 0 bridgehead atoms. The zero-order chi connectivity index (χ0) is 40.8. The fourth-order valence-corrected chi connectivity index (χ4v) is 8.61. The highest BCUT2D eigenvalue weighted by atomic mass is 16.5. The average Bonchev–Trinajstić information content (AvgIpc) is 3.47. The minimum absolute atomic E-state index is 0.00538. The second kappa shape index (κ2) is 15.2. The summed E-state index contributed by atoms with van der Waals surface area (Å²) >= 11 is 0. The van der Waals surface area contributed by atoms with Crippen molar-refractivity contribution < 1.29 is 38.9 Å². The molecule has 59 heavy (non-hydrogen) atoms. The van der Waals surface area contributed by atoms with Crippen LogP contribution in [0.5, 0.6) is 11.5 Å². The Morgan fingerprint density at radius 1 is 0.780 bits per heavy atom. The lowest BCUT2D eigenvalue weighted by Crippen LogP contribution is -2.46. The van der Waals surface area contributed by atoms with Crippen LogP contribution in [0.2, 0.25) is 0 Å². The van der Waals surface area contributed by atoms with Crippen LogP contribution in [0.1, 0.15) is 35.6 Å². The van der Waals surface area contributed by atoms with Crippen molar-refractivity contribution in [1.29, 1.82) is 0 Å². The summed E-state index contributed by atoms with van der Waals surface area (Å²) < 4.78 is 11.3. The molecule has 0 fully saturated rings. The number of hydrogen-bond donors (Lipinski definition) is 2. The maximum atomic E-state index is 14.7. The number of benzene rings is 5. The van der Waals surface area contributed by atoms with E-state index in [9.17, 15) is 29.4 Å². The number of carbonyl (C=O) groups is 4. The summed E-state index contributed by atoms with van der Waals surface area (Å²) in [6.45, 7) is 1.80. The first-order chi connectivity index (χ1) is 28.6. The van der Waals surface area contributed by atoms with Crippen LogP contribution in [0, 0.1) is 5.92 Å². The number of ether oxygens (including phenoxy) is 2. The molecule has 0 saturated carbocycles. The van der Waals surface area contributed by atoms with Gasteiger partial charge < -0.3 is 29.5 Å². The third-order valence-corrected chi connectivity index (χ3v) is 11.7. The first-order valence-corrected chi connectivity index (χ1v) is 19.7. The van der Waals surface area contributed by atoms with Gasteiger partial charge >= 0.3 is 0 Å². The minimum Gasteiger partial charge on any atom is -0.482 e. The largest absolute Gasteiger partial charge is 0.482 e. The van der Waals surface area contributed by atoms with Crippen LogP contribution >= 0.6 is 0 Å². The van der Waals surface area contributed by atoms with Crippen molar-refractivity contribution in [2.75, 3.05) is 34.5 Å². The molecular weight excluding hydrogens is 749 g/mol. The Morgan fingerprint density at radius 2 is 1.37 bits per heavy atom. The molecule has 5 aromatic carbocycles. The Hall–Kier alpha value is -6.76. The van der Waals surface area contributed by atoms with Crippen LogP contribution < -0.4 is 24.2 Å². The molecule has 5 aromatic rings. The van der Waals surface area contributed by atoms with E-state index in [0.717, 1.165) is 16.7 Å². The van der Waals surface area contributed by atoms with Gasteiger partial charge in [0.15, 0.2) is 18.8 Å². The van der Waals surface area contributed by atoms with Gasteiger partial charge in [-0.1, -0.05) is 79.7 Å². The highest BCUT2D eigenvalue weighted by Crippen LogP contribution is 2.49. The quantitative estimate of drug-likeness (QED) is 0.172. The van der Waals surface area contributed by atoms with Gasteiger partial charge in [-0.3, -0.25) is 29.0 Å². The molecule has 4 aliphatic heterocycles. The van der Waals surface area contributed by atoms with E-state index in [2.05, 4.69) is 0 Å². The fourth-order valence-electron chi connectivity index (χ4n) is 8.61. The van der Waals surface area contributed by atoms with E-state index < -0.39 is 17.4 Å².